The molecule has 4 unspecified atom stereocenters. The molecule has 2 saturated carbocycles. The van der Waals surface area contributed by atoms with Gasteiger partial charge in [-0.15, -0.1) is 10.2 Å². The average molecular weight is 285 g/mol. The molecule has 2 heterocycles. The van der Waals surface area contributed by atoms with Crippen molar-refractivity contribution >= 4 is 0 Å². The third kappa shape index (κ3) is 1.58. The summed E-state index contributed by atoms with van der Waals surface area (Å²) in [6, 6.07) is 2.55. The van der Waals surface area contributed by atoms with E-state index in [2.05, 4.69) is 22.1 Å². The molecule has 3 aliphatic rings. The zero-order chi connectivity index (χ0) is 14.1. The Bertz CT molecular complexity index is 547. The van der Waals surface area contributed by atoms with Crippen LogP contribution >= 0.6 is 0 Å². The molecule has 0 aromatic carbocycles. The van der Waals surface area contributed by atoms with E-state index in [0.29, 0.717) is 11.5 Å². The van der Waals surface area contributed by atoms with Gasteiger partial charge in [0.2, 0.25) is 5.88 Å². The monoisotopic (exact) mass is 285 g/mol. The first-order chi connectivity index (χ1) is 9.40. The molecule has 1 aliphatic heterocycles. The number of piperidine rings is 1. The molecule has 1 aromatic rings. The Morgan fingerprint density at radius 2 is 2.10 bits per heavy atom. The predicted octanol–water partition coefficient (Wildman–Crippen LogP) is 1.97. The maximum absolute atomic E-state index is 12.4. The van der Waals surface area contributed by atoms with Gasteiger partial charge in [0.05, 0.1) is 6.04 Å². The highest BCUT2D eigenvalue weighted by Crippen LogP contribution is 2.71. The van der Waals surface area contributed by atoms with Crippen molar-refractivity contribution in [2.75, 3.05) is 13.6 Å². The molecule has 108 valence electrons. The number of nitrogens with zero attached hydrogens (tertiary/aromatic N) is 3. The lowest BCUT2D eigenvalue weighted by molar-refractivity contribution is -0.141. The van der Waals surface area contributed by atoms with E-state index in [-0.39, 0.29) is 12.0 Å². The highest BCUT2D eigenvalue weighted by atomic mass is 19.4. The van der Waals surface area contributed by atoms with Crippen LogP contribution in [0.25, 0.3) is 0 Å². The number of rotatable bonds is 2. The minimum Gasteiger partial charge on any atom is -0.472 e. The molecular formula is C13H14F3N3O. The van der Waals surface area contributed by atoms with E-state index in [1.807, 2.05) is 0 Å². The summed E-state index contributed by atoms with van der Waals surface area (Å²) < 4.78 is 42.9. The first-order valence-corrected chi connectivity index (χ1v) is 6.68. The third-order valence-electron chi connectivity index (χ3n) is 4.99. The van der Waals surface area contributed by atoms with Crippen molar-refractivity contribution in [3.05, 3.63) is 17.8 Å². The van der Waals surface area contributed by atoms with E-state index >= 15 is 0 Å². The quantitative estimate of drug-likeness (QED) is 0.832. The van der Waals surface area contributed by atoms with Crippen molar-refractivity contribution < 1.29 is 17.9 Å². The minimum atomic E-state index is -4.46. The first-order valence-electron chi connectivity index (χ1n) is 6.68. The molecule has 0 bridgehead atoms. The summed E-state index contributed by atoms with van der Waals surface area (Å²) in [6.07, 6.45) is -2.19. The van der Waals surface area contributed by atoms with Crippen LogP contribution < -0.4 is 4.74 Å². The number of likely N-dealkylation sites (tertiary alicyclic amines) is 1. The first kappa shape index (κ1) is 12.4. The van der Waals surface area contributed by atoms with Gasteiger partial charge in [0.1, 0.15) is 6.10 Å². The van der Waals surface area contributed by atoms with Gasteiger partial charge < -0.3 is 4.74 Å². The van der Waals surface area contributed by atoms with Crippen LogP contribution in [0.5, 0.6) is 5.88 Å². The lowest BCUT2D eigenvalue weighted by atomic mass is 9.73. The van der Waals surface area contributed by atoms with Crippen LogP contribution in [-0.2, 0) is 6.18 Å². The van der Waals surface area contributed by atoms with Gasteiger partial charge in [-0.25, -0.2) is 0 Å². The Morgan fingerprint density at radius 1 is 1.30 bits per heavy atom. The normalized spacial score (nSPS) is 38.9. The van der Waals surface area contributed by atoms with Crippen LogP contribution in [0.1, 0.15) is 18.5 Å². The number of ether oxygens (including phenoxy) is 1. The van der Waals surface area contributed by atoms with Crippen LogP contribution in [0.2, 0.25) is 0 Å². The molecule has 0 amide bonds. The Hall–Kier alpha value is -1.37. The molecule has 4 atom stereocenters. The van der Waals surface area contributed by atoms with Crippen LogP contribution in [0, 0.1) is 11.3 Å². The van der Waals surface area contributed by atoms with Crippen LogP contribution in [-0.4, -0.2) is 40.8 Å². The zero-order valence-electron chi connectivity index (χ0n) is 10.9. The maximum Gasteiger partial charge on any atom is 0.435 e. The van der Waals surface area contributed by atoms with Gasteiger partial charge in [0.25, 0.3) is 0 Å². The molecule has 7 heteroatoms. The highest BCUT2D eigenvalue weighted by molar-refractivity contribution is 5.27. The number of hydrogen-bond donors (Lipinski definition) is 0. The van der Waals surface area contributed by atoms with Crippen molar-refractivity contribution in [3.8, 4) is 5.88 Å². The van der Waals surface area contributed by atoms with E-state index < -0.39 is 11.9 Å². The van der Waals surface area contributed by atoms with Gasteiger partial charge in [0, 0.05) is 12.6 Å². The number of likely N-dealkylation sites (N-methyl/N-ethyl adjacent to an activating group) is 1. The number of aromatic nitrogens is 2. The second kappa shape index (κ2) is 3.63. The summed E-state index contributed by atoms with van der Waals surface area (Å²) in [5.41, 5.74) is -0.561. The summed E-state index contributed by atoms with van der Waals surface area (Å²) in [7, 11) is 2.08. The summed E-state index contributed by atoms with van der Waals surface area (Å²) in [6.45, 7) is 1.10. The van der Waals surface area contributed by atoms with Gasteiger partial charge in [-0.1, -0.05) is 0 Å². The fourth-order valence-electron chi connectivity index (χ4n) is 4.05. The lowest BCUT2D eigenvalue weighted by Crippen LogP contribution is -2.56. The molecular weight excluding hydrogens is 271 g/mol. The van der Waals surface area contributed by atoms with Crippen LogP contribution in [0.3, 0.4) is 0 Å². The second-order valence-electron chi connectivity index (χ2n) is 6.13. The fourth-order valence-corrected chi connectivity index (χ4v) is 4.05. The van der Waals surface area contributed by atoms with E-state index in [0.717, 1.165) is 24.9 Å². The lowest BCUT2D eigenvalue weighted by Gasteiger charge is -2.45. The molecule has 4 nitrogen and oxygen atoms in total. The molecule has 2 aliphatic carbocycles. The van der Waals surface area contributed by atoms with Gasteiger partial charge in [-0.05, 0) is 37.3 Å². The average Bonchev–Trinajstić information content (AvgIpc) is 2.98. The van der Waals surface area contributed by atoms with Crippen molar-refractivity contribution in [2.24, 2.45) is 11.3 Å². The van der Waals surface area contributed by atoms with E-state index in [1.165, 1.54) is 12.5 Å². The van der Waals surface area contributed by atoms with Crippen molar-refractivity contribution in [1.82, 2.24) is 15.1 Å². The summed E-state index contributed by atoms with van der Waals surface area (Å²) in [5, 5.41) is 6.71. The highest BCUT2D eigenvalue weighted by Gasteiger charge is 2.74. The molecule has 1 saturated heterocycles. The topological polar surface area (TPSA) is 38.2 Å². The smallest absolute Gasteiger partial charge is 0.435 e. The largest absolute Gasteiger partial charge is 0.472 e. The second-order valence-corrected chi connectivity index (χ2v) is 6.13. The zero-order valence-corrected chi connectivity index (χ0v) is 10.9. The summed E-state index contributed by atoms with van der Waals surface area (Å²) in [4.78, 5) is 2.29. The Morgan fingerprint density at radius 3 is 2.70 bits per heavy atom. The van der Waals surface area contributed by atoms with Gasteiger partial charge in [-0.3, -0.25) is 4.90 Å². The van der Waals surface area contributed by atoms with Gasteiger partial charge in [-0.2, -0.15) is 13.2 Å². The standard InChI is InChI=1S/C13H14F3N3O/c1-19-6-7-4-12(7)5-8(11(12)19)20-10-3-2-9(17-18-10)13(14,15)16/h2-3,7-8,11H,4-6H2,1H3. The number of halogens is 3. The molecule has 1 spiro atoms. The summed E-state index contributed by atoms with van der Waals surface area (Å²) in [5.74, 6) is 0.964. The van der Waals surface area contributed by atoms with Crippen LogP contribution in [0.4, 0.5) is 13.2 Å². The molecule has 20 heavy (non-hydrogen) atoms. The van der Waals surface area contributed by atoms with E-state index in [1.54, 1.807) is 0 Å². The van der Waals surface area contributed by atoms with Crippen molar-refractivity contribution in [3.63, 3.8) is 0 Å². The molecule has 0 radical (unpaired) electrons. The van der Waals surface area contributed by atoms with Crippen molar-refractivity contribution in [1.29, 1.82) is 0 Å². The van der Waals surface area contributed by atoms with E-state index in [4.69, 9.17) is 4.74 Å². The Kier molecular flexibility index (Phi) is 2.25. The molecule has 4 rings (SSSR count). The van der Waals surface area contributed by atoms with Gasteiger partial charge in [0.15, 0.2) is 5.69 Å². The van der Waals surface area contributed by atoms with Crippen molar-refractivity contribution in [2.45, 2.75) is 31.2 Å². The maximum atomic E-state index is 12.4. The summed E-state index contributed by atoms with van der Waals surface area (Å²) >= 11 is 0. The molecule has 1 aromatic heterocycles. The predicted molar refractivity (Wildman–Crippen MR) is 63.0 cm³/mol. The van der Waals surface area contributed by atoms with Crippen LogP contribution in [0.15, 0.2) is 12.1 Å². The molecule has 3 fully saturated rings. The molecule has 0 N–H and O–H groups in total. The Labute approximate surface area is 113 Å². The number of hydrogen-bond acceptors (Lipinski definition) is 4. The fraction of sp³-hybridized carbons (Fsp3) is 0.692. The van der Waals surface area contributed by atoms with E-state index in [9.17, 15) is 13.2 Å². The number of alkyl halides is 3. The SMILES string of the molecule is CN1CC2CC23CC(Oc2ccc(C(F)(F)F)nn2)C13. The Balaban J connectivity index is 1.45. The van der Waals surface area contributed by atoms with Gasteiger partial charge >= 0.3 is 6.18 Å². The third-order valence-corrected chi connectivity index (χ3v) is 4.99. The minimum absolute atomic E-state index is 0.0264.